The monoisotopic (exact) mass is 330 g/mol. The molecule has 1 saturated heterocycles. The van der Waals surface area contributed by atoms with Crippen LogP contribution in [0.4, 0.5) is 4.39 Å². The molecule has 0 bridgehead atoms. The number of aromatic nitrogens is 2. The number of likely N-dealkylation sites (N-methyl/N-ethyl adjacent to an activating group) is 1. The molecule has 1 fully saturated rings. The van der Waals surface area contributed by atoms with Gasteiger partial charge in [0.15, 0.2) is 0 Å². The molecular formula is C18H23FN4O. The molecule has 1 aliphatic rings. The largest absolute Gasteiger partial charge is 0.336 e. The van der Waals surface area contributed by atoms with E-state index in [0.717, 1.165) is 44.7 Å². The molecule has 3 rings (SSSR count). The molecule has 1 amide bonds. The minimum atomic E-state index is -0.308. The number of benzene rings is 1. The number of halogens is 1. The van der Waals surface area contributed by atoms with Crippen LogP contribution in [0.3, 0.4) is 0 Å². The van der Waals surface area contributed by atoms with E-state index in [1.165, 1.54) is 12.1 Å². The molecule has 0 spiro atoms. The van der Waals surface area contributed by atoms with E-state index in [0.29, 0.717) is 11.3 Å². The molecule has 2 aromatic rings. The number of nitrogens with zero attached hydrogens (tertiary/aromatic N) is 4. The van der Waals surface area contributed by atoms with Crippen LogP contribution in [0.15, 0.2) is 30.5 Å². The van der Waals surface area contributed by atoms with Crippen LogP contribution in [0, 0.1) is 5.82 Å². The third-order valence-corrected chi connectivity index (χ3v) is 4.43. The van der Waals surface area contributed by atoms with Gasteiger partial charge in [0.2, 0.25) is 0 Å². The Bertz CT molecular complexity index is 720. The first-order chi connectivity index (χ1) is 11.6. The van der Waals surface area contributed by atoms with Gasteiger partial charge in [-0.1, -0.05) is 19.4 Å². The van der Waals surface area contributed by atoms with E-state index in [1.807, 2.05) is 4.90 Å². The van der Waals surface area contributed by atoms with Crippen LogP contribution in [-0.4, -0.2) is 58.7 Å². The predicted octanol–water partition coefficient (Wildman–Crippen LogP) is 2.35. The van der Waals surface area contributed by atoms with Crippen LogP contribution in [0.1, 0.15) is 29.4 Å². The van der Waals surface area contributed by atoms with E-state index < -0.39 is 0 Å². The van der Waals surface area contributed by atoms with Crippen molar-refractivity contribution in [3.05, 3.63) is 47.5 Å². The van der Waals surface area contributed by atoms with Crippen molar-refractivity contribution in [2.24, 2.45) is 0 Å². The molecule has 1 aromatic carbocycles. The Hall–Kier alpha value is -2.21. The summed E-state index contributed by atoms with van der Waals surface area (Å²) in [5.41, 5.74) is 2.13. The van der Waals surface area contributed by atoms with E-state index in [-0.39, 0.29) is 11.7 Å². The van der Waals surface area contributed by atoms with Gasteiger partial charge in [0.25, 0.3) is 5.91 Å². The second-order valence-corrected chi connectivity index (χ2v) is 6.24. The predicted molar refractivity (Wildman–Crippen MR) is 90.9 cm³/mol. The zero-order chi connectivity index (χ0) is 17.1. The van der Waals surface area contributed by atoms with Gasteiger partial charge >= 0.3 is 0 Å². The second-order valence-electron chi connectivity index (χ2n) is 6.24. The van der Waals surface area contributed by atoms with Gasteiger partial charge in [-0.2, -0.15) is 5.10 Å². The Kier molecular flexibility index (Phi) is 4.94. The highest BCUT2D eigenvalue weighted by Gasteiger charge is 2.25. The normalized spacial score (nSPS) is 15.7. The maximum atomic E-state index is 13.5. The van der Waals surface area contributed by atoms with Crippen LogP contribution >= 0.6 is 0 Å². The fourth-order valence-electron chi connectivity index (χ4n) is 3.04. The highest BCUT2D eigenvalue weighted by atomic mass is 19.1. The van der Waals surface area contributed by atoms with Crippen molar-refractivity contribution in [1.82, 2.24) is 19.6 Å². The number of piperazine rings is 1. The van der Waals surface area contributed by atoms with Gasteiger partial charge in [-0.25, -0.2) is 9.07 Å². The highest BCUT2D eigenvalue weighted by molar-refractivity contribution is 5.95. The first kappa shape index (κ1) is 16.6. The number of hydrogen-bond donors (Lipinski definition) is 0. The number of carbonyl (C=O) groups is 1. The summed E-state index contributed by atoms with van der Waals surface area (Å²) in [5, 5.41) is 4.37. The number of carbonyl (C=O) groups excluding carboxylic acids is 1. The van der Waals surface area contributed by atoms with Crippen LogP contribution in [0.5, 0.6) is 0 Å². The molecular weight excluding hydrogens is 307 g/mol. The summed E-state index contributed by atoms with van der Waals surface area (Å²) in [6.45, 7) is 5.28. The van der Waals surface area contributed by atoms with Gasteiger partial charge in [0, 0.05) is 26.2 Å². The summed E-state index contributed by atoms with van der Waals surface area (Å²) in [6, 6.07) is 6.31. The Morgan fingerprint density at radius 3 is 2.67 bits per heavy atom. The van der Waals surface area contributed by atoms with Gasteiger partial charge in [-0.15, -0.1) is 0 Å². The minimum Gasteiger partial charge on any atom is -0.336 e. The summed E-state index contributed by atoms with van der Waals surface area (Å²) in [4.78, 5) is 17.0. The molecule has 6 heteroatoms. The van der Waals surface area contributed by atoms with E-state index in [1.54, 1.807) is 23.0 Å². The zero-order valence-corrected chi connectivity index (χ0v) is 14.2. The van der Waals surface area contributed by atoms with Crippen molar-refractivity contribution >= 4 is 5.91 Å². The summed E-state index contributed by atoms with van der Waals surface area (Å²) in [5.74, 6) is -0.286. The maximum Gasteiger partial charge on any atom is 0.257 e. The summed E-state index contributed by atoms with van der Waals surface area (Å²) in [7, 11) is 2.06. The Morgan fingerprint density at radius 2 is 2.00 bits per heavy atom. The van der Waals surface area contributed by atoms with Crippen LogP contribution in [0.25, 0.3) is 5.69 Å². The first-order valence-electron chi connectivity index (χ1n) is 8.40. The first-order valence-corrected chi connectivity index (χ1v) is 8.40. The summed E-state index contributed by atoms with van der Waals surface area (Å²) >= 11 is 0. The lowest BCUT2D eigenvalue weighted by molar-refractivity contribution is 0.0663. The van der Waals surface area contributed by atoms with Crippen molar-refractivity contribution in [2.75, 3.05) is 33.2 Å². The molecule has 24 heavy (non-hydrogen) atoms. The van der Waals surface area contributed by atoms with E-state index in [9.17, 15) is 9.18 Å². The molecule has 0 aliphatic carbocycles. The molecule has 0 N–H and O–H groups in total. The number of hydrogen-bond acceptors (Lipinski definition) is 3. The SMILES string of the molecule is CCCc1c(C(=O)N2CCN(C)CC2)cnn1-c1cccc(F)c1. The van der Waals surface area contributed by atoms with Crippen LogP contribution < -0.4 is 0 Å². The summed E-state index contributed by atoms with van der Waals surface area (Å²) < 4.78 is 15.2. The Balaban J connectivity index is 1.92. The highest BCUT2D eigenvalue weighted by Crippen LogP contribution is 2.20. The lowest BCUT2D eigenvalue weighted by atomic mass is 10.1. The average molecular weight is 330 g/mol. The quantitative estimate of drug-likeness (QED) is 0.864. The standard InChI is InChI=1S/C18H23FN4O/c1-3-5-17-16(18(24)22-10-8-21(2)9-11-22)13-20-23(17)15-7-4-6-14(19)12-15/h4,6-7,12-13H,3,5,8-11H2,1-2H3. The lowest BCUT2D eigenvalue weighted by Gasteiger charge is -2.32. The average Bonchev–Trinajstić information content (AvgIpc) is 2.99. The fourth-order valence-corrected chi connectivity index (χ4v) is 3.04. The van der Waals surface area contributed by atoms with Gasteiger partial charge in [0.05, 0.1) is 23.1 Å². The van der Waals surface area contributed by atoms with Gasteiger partial charge < -0.3 is 9.80 Å². The molecule has 2 heterocycles. The van der Waals surface area contributed by atoms with Crippen molar-refractivity contribution in [1.29, 1.82) is 0 Å². The third-order valence-electron chi connectivity index (χ3n) is 4.43. The topological polar surface area (TPSA) is 41.4 Å². The molecule has 0 atom stereocenters. The van der Waals surface area contributed by atoms with Gasteiger partial charge in [-0.3, -0.25) is 4.79 Å². The molecule has 1 aromatic heterocycles. The smallest absolute Gasteiger partial charge is 0.257 e. The minimum absolute atomic E-state index is 0.0224. The zero-order valence-electron chi connectivity index (χ0n) is 14.2. The maximum absolute atomic E-state index is 13.5. The van der Waals surface area contributed by atoms with Crippen molar-refractivity contribution in [2.45, 2.75) is 19.8 Å². The molecule has 0 radical (unpaired) electrons. The van der Waals surface area contributed by atoms with Gasteiger partial charge in [0.1, 0.15) is 5.82 Å². The van der Waals surface area contributed by atoms with Crippen LogP contribution in [0.2, 0.25) is 0 Å². The number of rotatable bonds is 4. The van der Waals surface area contributed by atoms with E-state index in [2.05, 4.69) is 24.0 Å². The van der Waals surface area contributed by atoms with Crippen molar-refractivity contribution in [3.8, 4) is 5.69 Å². The van der Waals surface area contributed by atoms with Crippen molar-refractivity contribution < 1.29 is 9.18 Å². The molecule has 1 aliphatic heterocycles. The van der Waals surface area contributed by atoms with E-state index >= 15 is 0 Å². The fraction of sp³-hybridized carbons (Fsp3) is 0.444. The third kappa shape index (κ3) is 3.33. The molecule has 0 saturated carbocycles. The molecule has 5 nitrogen and oxygen atoms in total. The van der Waals surface area contributed by atoms with Gasteiger partial charge in [-0.05, 0) is 31.7 Å². The van der Waals surface area contributed by atoms with Crippen LogP contribution in [-0.2, 0) is 6.42 Å². The lowest BCUT2D eigenvalue weighted by Crippen LogP contribution is -2.47. The Labute approximate surface area is 141 Å². The Morgan fingerprint density at radius 1 is 1.25 bits per heavy atom. The van der Waals surface area contributed by atoms with Crippen molar-refractivity contribution in [3.63, 3.8) is 0 Å². The number of amides is 1. The van der Waals surface area contributed by atoms with E-state index in [4.69, 9.17) is 0 Å². The second kappa shape index (κ2) is 7.13. The molecule has 0 unspecified atom stereocenters. The summed E-state index contributed by atoms with van der Waals surface area (Å²) in [6.07, 6.45) is 3.24. The molecule has 128 valence electrons.